The number of nitrogens with one attached hydrogen (secondary N) is 2. The van der Waals surface area contributed by atoms with Crippen molar-refractivity contribution in [2.24, 2.45) is 5.92 Å². The van der Waals surface area contributed by atoms with Crippen LogP contribution in [0.1, 0.15) is 49.2 Å². The first kappa shape index (κ1) is 18.4. The highest BCUT2D eigenvalue weighted by Gasteiger charge is 2.26. The third-order valence-corrected chi connectivity index (χ3v) is 5.12. The zero-order valence-corrected chi connectivity index (χ0v) is 14.9. The van der Waals surface area contributed by atoms with Gasteiger partial charge in [0.2, 0.25) is 0 Å². The number of carbonyl (C=O) groups excluding carboxylic acids is 3. The smallest absolute Gasteiger partial charge is 0.326 e. The van der Waals surface area contributed by atoms with Gasteiger partial charge < -0.3 is 15.4 Å². The van der Waals surface area contributed by atoms with Gasteiger partial charge in [-0.25, -0.2) is 0 Å². The van der Waals surface area contributed by atoms with Crippen LogP contribution in [0.25, 0.3) is 0 Å². The Hall–Kier alpha value is -1.89. The number of carbonyl (C=O) groups is 3. The molecular formula is C17H24N2O4S. The second-order valence-corrected chi connectivity index (χ2v) is 7.12. The van der Waals surface area contributed by atoms with Crippen molar-refractivity contribution >= 4 is 29.1 Å². The average Bonchev–Trinajstić information content (AvgIpc) is 3.09. The van der Waals surface area contributed by atoms with E-state index in [1.54, 1.807) is 24.4 Å². The fraction of sp³-hybridized carbons (Fsp3) is 0.588. The van der Waals surface area contributed by atoms with Gasteiger partial charge >= 0.3 is 5.97 Å². The van der Waals surface area contributed by atoms with Gasteiger partial charge in [0.15, 0.2) is 6.10 Å². The van der Waals surface area contributed by atoms with Crippen molar-refractivity contribution < 1.29 is 19.1 Å². The maximum atomic E-state index is 12.1. The van der Waals surface area contributed by atoms with Crippen LogP contribution in [0.15, 0.2) is 17.5 Å². The molecule has 132 valence electrons. The van der Waals surface area contributed by atoms with Gasteiger partial charge in [0.25, 0.3) is 11.8 Å². The lowest BCUT2D eigenvalue weighted by Crippen LogP contribution is -2.46. The second kappa shape index (κ2) is 8.82. The summed E-state index contributed by atoms with van der Waals surface area (Å²) in [6, 6.07) is 3.58. The Balaban J connectivity index is 1.72. The Morgan fingerprint density at radius 3 is 2.75 bits per heavy atom. The van der Waals surface area contributed by atoms with Crippen LogP contribution in [0.3, 0.4) is 0 Å². The minimum absolute atomic E-state index is 0.144. The summed E-state index contributed by atoms with van der Waals surface area (Å²) in [6.07, 6.45) is 3.50. The maximum Gasteiger partial charge on any atom is 0.326 e. The molecule has 6 nitrogen and oxygen atoms in total. The lowest BCUT2D eigenvalue weighted by atomic mass is 9.86. The van der Waals surface area contributed by atoms with Gasteiger partial charge in [-0.1, -0.05) is 25.8 Å². The molecule has 0 bridgehead atoms. The van der Waals surface area contributed by atoms with Gasteiger partial charge in [0.1, 0.15) is 6.54 Å². The zero-order valence-electron chi connectivity index (χ0n) is 14.0. The van der Waals surface area contributed by atoms with Crippen molar-refractivity contribution in [3.63, 3.8) is 0 Å². The van der Waals surface area contributed by atoms with Crippen molar-refractivity contribution in [2.75, 3.05) is 6.54 Å². The van der Waals surface area contributed by atoms with Crippen molar-refractivity contribution in [1.82, 2.24) is 10.6 Å². The van der Waals surface area contributed by atoms with E-state index in [4.69, 9.17) is 4.74 Å². The van der Waals surface area contributed by atoms with E-state index >= 15 is 0 Å². The van der Waals surface area contributed by atoms with E-state index < -0.39 is 12.1 Å². The van der Waals surface area contributed by atoms with Crippen molar-refractivity contribution in [1.29, 1.82) is 0 Å². The van der Waals surface area contributed by atoms with Crippen LogP contribution in [0, 0.1) is 5.92 Å². The molecule has 0 radical (unpaired) electrons. The largest absolute Gasteiger partial charge is 0.451 e. The SMILES string of the molecule is CC(OC(=O)CNC(=O)c1cccs1)C(=O)NC1CCCCC1C. The van der Waals surface area contributed by atoms with Crippen LogP contribution in [-0.2, 0) is 14.3 Å². The lowest BCUT2D eigenvalue weighted by Gasteiger charge is -2.30. The third kappa shape index (κ3) is 5.33. The highest BCUT2D eigenvalue weighted by Crippen LogP contribution is 2.23. The molecule has 0 saturated heterocycles. The molecule has 3 unspecified atom stereocenters. The molecule has 1 heterocycles. The third-order valence-electron chi connectivity index (χ3n) is 4.25. The van der Waals surface area contributed by atoms with Gasteiger partial charge in [0, 0.05) is 6.04 Å². The Morgan fingerprint density at radius 1 is 1.33 bits per heavy atom. The van der Waals surface area contributed by atoms with E-state index in [1.807, 2.05) is 0 Å². The predicted molar refractivity (Wildman–Crippen MR) is 91.8 cm³/mol. The van der Waals surface area contributed by atoms with E-state index in [-0.39, 0.29) is 24.4 Å². The number of amides is 2. The van der Waals surface area contributed by atoms with Crippen LogP contribution >= 0.6 is 11.3 Å². The zero-order chi connectivity index (χ0) is 17.5. The molecule has 1 aromatic rings. The van der Waals surface area contributed by atoms with Crippen LogP contribution in [-0.4, -0.2) is 36.5 Å². The number of hydrogen-bond acceptors (Lipinski definition) is 5. The standard InChI is InChI=1S/C17H24N2O4S/c1-11-6-3-4-7-13(11)19-16(21)12(2)23-15(20)10-18-17(22)14-8-5-9-24-14/h5,8-9,11-13H,3-4,6-7,10H2,1-2H3,(H,18,22)(H,19,21). The molecule has 0 aliphatic heterocycles. The number of rotatable bonds is 6. The van der Waals surface area contributed by atoms with Crippen LogP contribution < -0.4 is 10.6 Å². The molecule has 7 heteroatoms. The van der Waals surface area contributed by atoms with E-state index in [2.05, 4.69) is 17.6 Å². The monoisotopic (exact) mass is 352 g/mol. The summed E-state index contributed by atoms with van der Waals surface area (Å²) in [5.41, 5.74) is 0. The summed E-state index contributed by atoms with van der Waals surface area (Å²) >= 11 is 1.29. The number of esters is 1. The number of thiophene rings is 1. The molecule has 2 N–H and O–H groups in total. The summed E-state index contributed by atoms with van der Waals surface area (Å²) < 4.78 is 5.09. The van der Waals surface area contributed by atoms with E-state index in [0.717, 1.165) is 19.3 Å². The van der Waals surface area contributed by atoms with Crippen LogP contribution in [0.5, 0.6) is 0 Å². The highest BCUT2D eigenvalue weighted by atomic mass is 32.1. The molecule has 2 amide bonds. The molecule has 1 aromatic heterocycles. The van der Waals surface area contributed by atoms with Gasteiger partial charge in [-0.2, -0.15) is 0 Å². The first-order valence-electron chi connectivity index (χ1n) is 8.29. The summed E-state index contributed by atoms with van der Waals surface area (Å²) in [7, 11) is 0. The van der Waals surface area contributed by atoms with Crippen molar-refractivity contribution in [3.05, 3.63) is 22.4 Å². The second-order valence-electron chi connectivity index (χ2n) is 6.17. The highest BCUT2D eigenvalue weighted by molar-refractivity contribution is 7.12. The topological polar surface area (TPSA) is 84.5 Å². The molecule has 24 heavy (non-hydrogen) atoms. The lowest BCUT2D eigenvalue weighted by molar-refractivity contribution is -0.154. The fourth-order valence-electron chi connectivity index (χ4n) is 2.77. The molecule has 1 fully saturated rings. The van der Waals surface area contributed by atoms with Gasteiger partial charge in [-0.05, 0) is 37.1 Å². The summed E-state index contributed by atoms with van der Waals surface area (Å²) in [5.74, 6) is -0.795. The van der Waals surface area contributed by atoms with E-state index in [0.29, 0.717) is 10.8 Å². The van der Waals surface area contributed by atoms with Gasteiger partial charge in [-0.3, -0.25) is 14.4 Å². The summed E-state index contributed by atoms with van der Waals surface area (Å²) in [4.78, 5) is 36.2. The summed E-state index contributed by atoms with van der Waals surface area (Å²) in [6.45, 7) is 3.41. The number of hydrogen-bond donors (Lipinski definition) is 2. The Morgan fingerprint density at radius 2 is 2.08 bits per heavy atom. The quantitative estimate of drug-likeness (QED) is 0.768. The molecule has 0 spiro atoms. The van der Waals surface area contributed by atoms with Crippen LogP contribution in [0.2, 0.25) is 0 Å². The first-order chi connectivity index (χ1) is 11.5. The van der Waals surface area contributed by atoms with Crippen molar-refractivity contribution in [2.45, 2.75) is 51.7 Å². The fourth-order valence-corrected chi connectivity index (χ4v) is 3.41. The van der Waals surface area contributed by atoms with E-state index in [1.165, 1.54) is 17.8 Å². The molecular weight excluding hydrogens is 328 g/mol. The molecule has 1 saturated carbocycles. The van der Waals surface area contributed by atoms with Gasteiger partial charge in [-0.15, -0.1) is 11.3 Å². The number of ether oxygens (including phenoxy) is 1. The normalized spacial score (nSPS) is 21.6. The average molecular weight is 352 g/mol. The Labute approximate surface area is 146 Å². The minimum Gasteiger partial charge on any atom is -0.451 e. The molecule has 0 aromatic carbocycles. The van der Waals surface area contributed by atoms with Crippen molar-refractivity contribution in [3.8, 4) is 0 Å². The molecule has 3 atom stereocenters. The Kier molecular flexibility index (Phi) is 6.78. The summed E-state index contributed by atoms with van der Waals surface area (Å²) in [5, 5.41) is 7.23. The maximum absolute atomic E-state index is 12.1. The van der Waals surface area contributed by atoms with Gasteiger partial charge in [0.05, 0.1) is 4.88 Å². The van der Waals surface area contributed by atoms with E-state index in [9.17, 15) is 14.4 Å². The minimum atomic E-state index is -0.870. The predicted octanol–water partition coefficient (Wildman–Crippen LogP) is 2.10. The molecule has 2 rings (SSSR count). The Bertz CT molecular complexity index is 573. The molecule has 1 aliphatic carbocycles. The van der Waals surface area contributed by atoms with Crippen LogP contribution in [0.4, 0.5) is 0 Å². The first-order valence-corrected chi connectivity index (χ1v) is 9.17. The molecule has 1 aliphatic rings.